The number of nitrogens with two attached hydrogens (primary N) is 3. The van der Waals surface area contributed by atoms with Crippen LogP contribution in [0.3, 0.4) is 0 Å². The summed E-state index contributed by atoms with van der Waals surface area (Å²) in [5, 5.41) is 13.0. The zero-order valence-electron chi connectivity index (χ0n) is 21.9. The molecule has 1 fully saturated rings. The van der Waals surface area contributed by atoms with Crippen LogP contribution >= 0.6 is 0 Å². The number of aryl methyl sites for hydroxylation is 2. The van der Waals surface area contributed by atoms with Gasteiger partial charge in [-0.1, -0.05) is 31.4 Å². The second-order valence-electron chi connectivity index (χ2n) is 10.4. The number of nitriles is 1. The molecule has 7 N–H and O–H groups in total. The highest BCUT2D eigenvalue weighted by Crippen LogP contribution is 2.44. The molecule has 0 radical (unpaired) electrons. The summed E-state index contributed by atoms with van der Waals surface area (Å²) in [7, 11) is 0. The highest BCUT2D eigenvalue weighted by molar-refractivity contribution is 5.95. The molecule has 8 heteroatoms. The van der Waals surface area contributed by atoms with Gasteiger partial charge >= 0.3 is 0 Å². The van der Waals surface area contributed by atoms with Crippen LogP contribution in [0.25, 0.3) is 5.70 Å². The average molecular weight is 513 g/mol. The molecule has 0 aromatic heterocycles. The normalized spacial score (nSPS) is 20.9. The van der Waals surface area contributed by atoms with Crippen LogP contribution in [0.4, 0.5) is 0 Å². The molecule has 2 amide bonds. The van der Waals surface area contributed by atoms with Gasteiger partial charge in [-0.15, -0.1) is 0 Å². The second-order valence-corrected chi connectivity index (χ2v) is 10.4. The third-order valence-corrected chi connectivity index (χ3v) is 7.94. The van der Waals surface area contributed by atoms with Crippen LogP contribution in [0, 0.1) is 11.3 Å². The molecule has 2 unspecified atom stereocenters. The van der Waals surface area contributed by atoms with Crippen molar-refractivity contribution in [2.75, 3.05) is 13.1 Å². The van der Waals surface area contributed by atoms with E-state index in [1.54, 1.807) is 12.1 Å². The maximum Gasteiger partial charge on any atom is 0.248 e. The molecular formula is C30H36N6O2. The summed E-state index contributed by atoms with van der Waals surface area (Å²) in [4.78, 5) is 27.6. The molecule has 198 valence electrons. The summed E-state index contributed by atoms with van der Waals surface area (Å²) in [6.45, 7) is 11.4. The lowest BCUT2D eigenvalue weighted by atomic mass is 9.68. The van der Waals surface area contributed by atoms with Gasteiger partial charge in [-0.05, 0) is 85.0 Å². The summed E-state index contributed by atoms with van der Waals surface area (Å²) in [5.41, 5.74) is 22.6. The van der Waals surface area contributed by atoms with Gasteiger partial charge in [0.15, 0.2) is 0 Å². The maximum atomic E-state index is 13.6. The highest BCUT2D eigenvalue weighted by atomic mass is 16.1. The number of amides is 2. The largest absolute Gasteiger partial charge is 0.399 e. The fourth-order valence-corrected chi connectivity index (χ4v) is 5.99. The van der Waals surface area contributed by atoms with Crippen LogP contribution in [0.1, 0.15) is 64.4 Å². The molecular weight excluding hydrogens is 476 g/mol. The number of likely N-dealkylation sites (tertiary alicyclic amines) is 1. The lowest BCUT2D eigenvalue weighted by Gasteiger charge is -2.36. The number of hydrogen-bond donors (Lipinski definition) is 4. The molecule has 38 heavy (non-hydrogen) atoms. The van der Waals surface area contributed by atoms with Crippen molar-refractivity contribution in [3.63, 3.8) is 0 Å². The SMILES string of the molecule is C=C(N)c1ccc2c(c1)CCc1cc(C(N)=O)ccc1C2(C[C@H](C)NCC(=C)N1CCCC1C#N)C(N)=O. The summed E-state index contributed by atoms with van der Waals surface area (Å²) < 4.78 is 0. The van der Waals surface area contributed by atoms with E-state index in [4.69, 9.17) is 17.2 Å². The topological polar surface area (TPSA) is 151 Å². The smallest absolute Gasteiger partial charge is 0.248 e. The Morgan fingerprint density at radius 2 is 1.71 bits per heavy atom. The summed E-state index contributed by atoms with van der Waals surface area (Å²) in [5.74, 6) is -0.989. The number of carbonyl (C=O) groups is 2. The molecule has 8 nitrogen and oxygen atoms in total. The molecule has 4 rings (SSSR count). The Kier molecular flexibility index (Phi) is 7.61. The predicted molar refractivity (Wildman–Crippen MR) is 149 cm³/mol. The fourth-order valence-electron chi connectivity index (χ4n) is 5.99. The molecule has 2 aliphatic rings. The van der Waals surface area contributed by atoms with Gasteiger partial charge in [0.05, 0.1) is 6.07 Å². The van der Waals surface area contributed by atoms with Crippen molar-refractivity contribution in [3.05, 3.63) is 88.6 Å². The molecule has 1 aliphatic carbocycles. The Morgan fingerprint density at radius 1 is 1.11 bits per heavy atom. The maximum absolute atomic E-state index is 13.6. The Labute approximate surface area is 224 Å². The first kappa shape index (κ1) is 27.0. The van der Waals surface area contributed by atoms with Gasteiger partial charge in [0.25, 0.3) is 0 Å². The van der Waals surface area contributed by atoms with Gasteiger partial charge in [-0.2, -0.15) is 5.26 Å². The number of nitrogens with one attached hydrogen (secondary N) is 1. The minimum atomic E-state index is -1.15. The van der Waals surface area contributed by atoms with Crippen LogP contribution < -0.4 is 22.5 Å². The van der Waals surface area contributed by atoms with Crippen molar-refractivity contribution in [2.45, 2.75) is 56.5 Å². The number of hydrogen-bond acceptors (Lipinski definition) is 6. The third kappa shape index (κ3) is 4.90. The van der Waals surface area contributed by atoms with Crippen LogP contribution in [0.5, 0.6) is 0 Å². The van der Waals surface area contributed by atoms with Crippen LogP contribution in [0.2, 0.25) is 0 Å². The van der Waals surface area contributed by atoms with Gasteiger partial charge in [-0.25, -0.2) is 0 Å². The van der Waals surface area contributed by atoms with E-state index in [1.807, 2.05) is 36.1 Å². The van der Waals surface area contributed by atoms with E-state index < -0.39 is 17.2 Å². The van der Waals surface area contributed by atoms with E-state index in [0.717, 1.165) is 52.9 Å². The predicted octanol–water partition coefficient (Wildman–Crippen LogP) is 2.45. The van der Waals surface area contributed by atoms with E-state index in [2.05, 4.69) is 24.5 Å². The molecule has 2 aromatic rings. The third-order valence-electron chi connectivity index (χ3n) is 7.94. The lowest BCUT2D eigenvalue weighted by Crippen LogP contribution is -2.48. The summed E-state index contributed by atoms with van der Waals surface area (Å²) in [6.07, 6.45) is 3.45. The first-order valence-corrected chi connectivity index (χ1v) is 13.0. The zero-order valence-corrected chi connectivity index (χ0v) is 21.9. The van der Waals surface area contributed by atoms with Gasteiger partial charge in [-0.3, -0.25) is 9.59 Å². The van der Waals surface area contributed by atoms with E-state index in [0.29, 0.717) is 37.1 Å². The molecule has 1 saturated heterocycles. The molecule has 1 aliphatic heterocycles. The first-order chi connectivity index (χ1) is 18.1. The monoisotopic (exact) mass is 512 g/mol. The van der Waals surface area contributed by atoms with Crippen molar-refractivity contribution >= 4 is 17.5 Å². The van der Waals surface area contributed by atoms with Gasteiger partial charge in [0.2, 0.25) is 11.8 Å². The Hall–Kier alpha value is -4.09. The van der Waals surface area contributed by atoms with E-state index in [1.165, 1.54) is 0 Å². The average Bonchev–Trinajstić information content (AvgIpc) is 3.33. The Balaban J connectivity index is 1.74. The van der Waals surface area contributed by atoms with Crippen molar-refractivity contribution < 1.29 is 9.59 Å². The number of primary amides is 2. The minimum Gasteiger partial charge on any atom is -0.399 e. The van der Waals surface area contributed by atoms with Crippen LogP contribution in [-0.4, -0.2) is 41.9 Å². The van der Waals surface area contributed by atoms with Crippen molar-refractivity contribution in [1.82, 2.24) is 10.2 Å². The van der Waals surface area contributed by atoms with E-state index in [9.17, 15) is 14.9 Å². The van der Waals surface area contributed by atoms with Crippen LogP contribution in [-0.2, 0) is 23.1 Å². The van der Waals surface area contributed by atoms with E-state index >= 15 is 0 Å². The Bertz CT molecular complexity index is 1280. The number of benzene rings is 2. The zero-order chi connectivity index (χ0) is 27.6. The quantitative estimate of drug-likeness (QED) is 0.405. The van der Waals surface area contributed by atoms with Gasteiger partial charge in [0.1, 0.15) is 11.5 Å². The highest BCUT2D eigenvalue weighted by Gasteiger charge is 2.45. The van der Waals surface area contributed by atoms with Crippen LogP contribution in [0.15, 0.2) is 55.3 Å². The molecule has 0 bridgehead atoms. The summed E-state index contributed by atoms with van der Waals surface area (Å²) >= 11 is 0. The van der Waals surface area contributed by atoms with E-state index in [-0.39, 0.29) is 12.1 Å². The molecule has 1 heterocycles. The number of fused-ring (bicyclic) bond motifs is 2. The number of nitrogens with zero attached hydrogens (tertiary/aromatic N) is 2. The van der Waals surface area contributed by atoms with Gasteiger partial charge < -0.3 is 27.4 Å². The van der Waals surface area contributed by atoms with Crippen molar-refractivity contribution in [1.29, 1.82) is 5.26 Å². The molecule has 0 spiro atoms. The molecule has 2 aromatic carbocycles. The van der Waals surface area contributed by atoms with Crippen molar-refractivity contribution in [3.8, 4) is 6.07 Å². The first-order valence-electron chi connectivity index (χ1n) is 13.0. The fraction of sp³-hybridized carbons (Fsp3) is 0.367. The lowest BCUT2D eigenvalue weighted by molar-refractivity contribution is -0.122. The Morgan fingerprint density at radius 3 is 2.26 bits per heavy atom. The number of carbonyl (C=O) groups excluding carboxylic acids is 2. The summed E-state index contributed by atoms with van der Waals surface area (Å²) in [6, 6.07) is 13.1. The molecule has 0 saturated carbocycles. The molecule has 3 atom stereocenters. The second kappa shape index (κ2) is 10.7. The van der Waals surface area contributed by atoms with Gasteiger partial charge in [0, 0.05) is 36.1 Å². The minimum absolute atomic E-state index is 0.138. The standard InChI is InChI=1S/C30H36N6O2/c1-18(35-17-19(2)36-12-4-5-25(36)16-31)15-30(29(34)38)26-10-8-21(20(3)32)13-22(26)6-7-23-14-24(28(33)37)9-11-27(23)30/h8-11,13-14,18,25,35H,2-7,12,15,17,32H2,1H3,(H2,33,37)(H2,34,38)/t18-,25?,30?/m0/s1. The van der Waals surface area contributed by atoms with Crippen molar-refractivity contribution in [2.24, 2.45) is 17.2 Å². The number of rotatable bonds is 9.